The van der Waals surface area contributed by atoms with Crippen LogP contribution in [0.1, 0.15) is 74.8 Å². The monoisotopic (exact) mass is 403 g/mol. The molecular weight excluding hydrogens is 370 g/mol. The first-order valence-electron chi connectivity index (χ1n) is 11.1. The highest BCUT2D eigenvalue weighted by atomic mass is 16.5. The highest BCUT2D eigenvalue weighted by Gasteiger charge is 2.53. The van der Waals surface area contributed by atoms with Crippen LogP contribution in [0.3, 0.4) is 0 Å². The lowest BCUT2D eigenvalue weighted by Crippen LogP contribution is -2.63. The van der Waals surface area contributed by atoms with Gasteiger partial charge in [0, 0.05) is 31.1 Å². The summed E-state index contributed by atoms with van der Waals surface area (Å²) in [5, 5.41) is 13.8. The van der Waals surface area contributed by atoms with Gasteiger partial charge in [-0.25, -0.2) is 0 Å². The maximum Gasteiger partial charge on any atom is 0.248 e. The van der Waals surface area contributed by atoms with Crippen LogP contribution < -0.4 is 0 Å². The molecule has 29 heavy (non-hydrogen) atoms. The molecule has 1 aliphatic carbocycles. The summed E-state index contributed by atoms with van der Waals surface area (Å²) in [6, 6.07) is 0.211. The quantitative estimate of drug-likeness (QED) is 0.835. The van der Waals surface area contributed by atoms with Crippen LogP contribution in [0.15, 0.2) is 4.52 Å². The Bertz CT molecular complexity index is 749. The second kappa shape index (κ2) is 8.09. The number of rotatable bonds is 4. The van der Waals surface area contributed by atoms with Crippen molar-refractivity contribution in [2.45, 2.75) is 95.7 Å². The Morgan fingerprint density at radius 3 is 2.52 bits per heavy atom. The van der Waals surface area contributed by atoms with E-state index in [1.54, 1.807) is 0 Å². The van der Waals surface area contributed by atoms with Gasteiger partial charge in [-0.15, -0.1) is 0 Å². The van der Waals surface area contributed by atoms with Crippen LogP contribution in [0.4, 0.5) is 0 Å². The first-order chi connectivity index (χ1) is 13.9. The fourth-order valence-electron chi connectivity index (χ4n) is 5.69. The number of aryl methyl sites for hydroxylation is 2. The van der Waals surface area contributed by atoms with Crippen molar-refractivity contribution in [2.75, 3.05) is 13.1 Å². The van der Waals surface area contributed by atoms with Crippen LogP contribution in [0.25, 0.3) is 0 Å². The van der Waals surface area contributed by atoms with E-state index in [4.69, 9.17) is 4.52 Å². The molecule has 1 aromatic heterocycles. The van der Waals surface area contributed by atoms with Crippen molar-refractivity contribution in [1.29, 1.82) is 0 Å². The maximum absolute atomic E-state index is 13.6. The van der Waals surface area contributed by atoms with Gasteiger partial charge in [-0.05, 0) is 71.6 Å². The molecule has 0 radical (unpaired) electrons. The third-order valence-corrected chi connectivity index (χ3v) is 7.32. The summed E-state index contributed by atoms with van der Waals surface area (Å²) in [5.41, 5.74) is 1.19. The molecule has 4 rings (SSSR count). The minimum Gasteiger partial charge on any atom is -0.393 e. The molecule has 3 aliphatic rings. The number of hydrogen-bond donors (Lipinski definition) is 1. The molecule has 2 aliphatic heterocycles. The predicted molar refractivity (Wildman–Crippen MR) is 107 cm³/mol. The van der Waals surface area contributed by atoms with E-state index in [0.29, 0.717) is 19.4 Å². The molecule has 160 valence electrons. The number of aliphatic hydroxyl groups excluding tert-OH is 1. The van der Waals surface area contributed by atoms with Crippen LogP contribution in [0, 0.1) is 13.8 Å². The fraction of sp³-hybridized carbons (Fsp3) is 0.773. The molecule has 2 amide bonds. The number of aromatic nitrogens is 1. The number of nitrogens with zero attached hydrogens (tertiary/aromatic N) is 3. The minimum absolute atomic E-state index is 0.0665. The molecule has 7 heteroatoms. The normalized spacial score (nSPS) is 30.4. The van der Waals surface area contributed by atoms with Gasteiger partial charge in [0.2, 0.25) is 11.8 Å². The Morgan fingerprint density at radius 2 is 1.86 bits per heavy atom. The standard InChI is InChI=1S/C22H33N3O4/c1-15-19(16(2)29-23-15)9-10-20(27)25-14-4-12-22(25)11-3-13-24(21(22)28)17-5-7-18(26)8-6-17/h17-18,26H,3-14H2,1-2H3. The summed E-state index contributed by atoms with van der Waals surface area (Å²) >= 11 is 0. The Labute approximate surface area is 172 Å². The number of carbonyl (C=O) groups excluding carboxylic acids is 2. The number of aliphatic hydroxyl groups is 1. The second-order valence-corrected chi connectivity index (χ2v) is 9.05. The molecule has 3 heterocycles. The van der Waals surface area contributed by atoms with Crippen molar-refractivity contribution in [3.05, 3.63) is 17.0 Å². The van der Waals surface area contributed by atoms with Gasteiger partial charge < -0.3 is 19.4 Å². The summed E-state index contributed by atoms with van der Waals surface area (Å²) < 4.78 is 5.22. The molecule has 1 unspecified atom stereocenters. The van der Waals surface area contributed by atoms with Crippen LogP contribution in [0.2, 0.25) is 0 Å². The second-order valence-electron chi connectivity index (χ2n) is 9.05. The topological polar surface area (TPSA) is 86.9 Å². The summed E-state index contributed by atoms with van der Waals surface area (Å²) in [5.74, 6) is 0.982. The lowest BCUT2D eigenvalue weighted by molar-refractivity contribution is -0.158. The smallest absolute Gasteiger partial charge is 0.248 e. The van der Waals surface area contributed by atoms with E-state index in [0.717, 1.165) is 74.9 Å². The van der Waals surface area contributed by atoms with Crippen molar-refractivity contribution in [3.8, 4) is 0 Å². The molecule has 1 aromatic rings. The molecule has 1 saturated carbocycles. The SMILES string of the molecule is Cc1noc(C)c1CCC(=O)N1CCCC12CCCN(C1CCC(O)CC1)C2=O. The zero-order valence-corrected chi connectivity index (χ0v) is 17.7. The van der Waals surface area contributed by atoms with Gasteiger partial charge in [-0.2, -0.15) is 0 Å². The first-order valence-corrected chi connectivity index (χ1v) is 11.1. The summed E-state index contributed by atoms with van der Waals surface area (Å²) in [4.78, 5) is 30.7. The van der Waals surface area contributed by atoms with E-state index >= 15 is 0 Å². The van der Waals surface area contributed by atoms with E-state index in [-0.39, 0.29) is 24.0 Å². The number of carbonyl (C=O) groups is 2. The highest BCUT2D eigenvalue weighted by Crippen LogP contribution is 2.40. The number of amides is 2. The molecule has 7 nitrogen and oxygen atoms in total. The lowest BCUT2D eigenvalue weighted by atomic mass is 9.82. The van der Waals surface area contributed by atoms with Crippen LogP contribution in [-0.4, -0.2) is 62.7 Å². The highest BCUT2D eigenvalue weighted by molar-refractivity contribution is 5.93. The first kappa shape index (κ1) is 20.4. The van der Waals surface area contributed by atoms with Gasteiger partial charge in [0.25, 0.3) is 0 Å². The van der Waals surface area contributed by atoms with Crippen molar-refractivity contribution >= 4 is 11.8 Å². The Morgan fingerprint density at radius 1 is 1.17 bits per heavy atom. The molecular formula is C22H33N3O4. The summed E-state index contributed by atoms with van der Waals surface area (Å²) in [7, 11) is 0. The van der Waals surface area contributed by atoms with Crippen molar-refractivity contribution in [2.24, 2.45) is 0 Å². The molecule has 2 saturated heterocycles. The molecule has 1 spiro atoms. The third-order valence-electron chi connectivity index (χ3n) is 7.32. The summed E-state index contributed by atoms with van der Waals surface area (Å²) in [6.07, 6.45) is 7.39. The summed E-state index contributed by atoms with van der Waals surface area (Å²) in [6.45, 7) is 5.23. The fourth-order valence-corrected chi connectivity index (χ4v) is 5.69. The number of hydrogen-bond acceptors (Lipinski definition) is 5. The van der Waals surface area contributed by atoms with Crippen molar-refractivity contribution in [1.82, 2.24) is 15.0 Å². The third kappa shape index (κ3) is 3.69. The van der Waals surface area contributed by atoms with Gasteiger partial charge in [-0.3, -0.25) is 9.59 Å². The van der Waals surface area contributed by atoms with Gasteiger partial charge >= 0.3 is 0 Å². The Balaban J connectivity index is 1.46. The van der Waals surface area contributed by atoms with E-state index in [9.17, 15) is 14.7 Å². The van der Waals surface area contributed by atoms with Gasteiger partial charge in [0.15, 0.2) is 0 Å². The Kier molecular flexibility index (Phi) is 5.69. The zero-order chi connectivity index (χ0) is 20.6. The van der Waals surface area contributed by atoms with Crippen molar-refractivity contribution in [3.63, 3.8) is 0 Å². The largest absolute Gasteiger partial charge is 0.393 e. The van der Waals surface area contributed by atoms with E-state index in [1.807, 2.05) is 23.6 Å². The van der Waals surface area contributed by atoms with Gasteiger partial charge in [-0.1, -0.05) is 5.16 Å². The number of piperidine rings is 1. The van der Waals surface area contributed by atoms with E-state index < -0.39 is 5.54 Å². The molecule has 3 fully saturated rings. The van der Waals surface area contributed by atoms with Crippen LogP contribution in [0.5, 0.6) is 0 Å². The van der Waals surface area contributed by atoms with Crippen LogP contribution in [-0.2, 0) is 16.0 Å². The molecule has 1 atom stereocenters. The minimum atomic E-state index is -0.649. The molecule has 0 bridgehead atoms. The van der Waals surface area contributed by atoms with Gasteiger partial charge in [0.05, 0.1) is 11.8 Å². The Hall–Kier alpha value is -1.89. The molecule has 0 aromatic carbocycles. The van der Waals surface area contributed by atoms with Crippen molar-refractivity contribution < 1.29 is 19.2 Å². The van der Waals surface area contributed by atoms with E-state index in [2.05, 4.69) is 5.16 Å². The lowest BCUT2D eigenvalue weighted by Gasteiger charge is -2.48. The maximum atomic E-state index is 13.6. The van der Waals surface area contributed by atoms with Gasteiger partial charge in [0.1, 0.15) is 11.3 Å². The van der Waals surface area contributed by atoms with E-state index in [1.165, 1.54) is 0 Å². The average Bonchev–Trinajstić information content (AvgIpc) is 3.27. The molecule has 1 N–H and O–H groups in total. The number of likely N-dealkylation sites (tertiary alicyclic amines) is 2. The average molecular weight is 404 g/mol. The van der Waals surface area contributed by atoms with Crippen LogP contribution >= 0.6 is 0 Å². The zero-order valence-electron chi connectivity index (χ0n) is 17.7. The predicted octanol–water partition coefficient (Wildman–Crippen LogP) is 2.51.